The van der Waals surface area contributed by atoms with Crippen LogP contribution in [0.1, 0.15) is 51.6 Å². The van der Waals surface area contributed by atoms with Gasteiger partial charge in [-0.2, -0.15) is 0 Å². The van der Waals surface area contributed by atoms with Crippen LogP contribution in [0.5, 0.6) is 11.5 Å². The summed E-state index contributed by atoms with van der Waals surface area (Å²) >= 11 is 6.52. The van der Waals surface area contributed by atoms with Crippen molar-refractivity contribution in [1.82, 2.24) is 10.1 Å². The first kappa shape index (κ1) is 25.5. The average Bonchev–Trinajstić information content (AvgIpc) is 3.45. The van der Waals surface area contributed by atoms with Crippen molar-refractivity contribution < 1.29 is 23.6 Å². The number of carbonyl (C=O) groups is 2. The fourth-order valence-electron chi connectivity index (χ4n) is 3.95. The Morgan fingerprint density at radius 3 is 2.58 bits per heavy atom. The molecule has 190 valence electrons. The lowest BCUT2D eigenvalue weighted by molar-refractivity contribution is 0.0670. The first-order valence-electron chi connectivity index (χ1n) is 11.5. The Kier molecular flexibility index (Phi) is 7.23. The molecule has 9 nitrogen and oxygen atoms in total. The number of nitrogens with one attached hydrogen (secondary N) is 1. The normalized spacial score (nSPS) is 12.5. The van der Waals surface area contributed by atoms with Crippen molar-refractivity contribution >= 4 is 29.1 Å². The summed E-state index contributed by atoms with van der Waals surface area (Å²) in [6, 6.07) is 10.2. The number of amides is 2. The minimum Gasteiger partial charge on any atom is -0.454 e. The number of anilines is 1. The van der Waals surface area contributed by atoms with Gasteiger partial charge in [-0.3, -0.25) is 9.59 Å². The van der Waals surface area contributed by atoms with E-state index in [1.165, 1.54) is 0 Å². The van der Waals surface area contributed by atoms with Gasteiger partial charge in [-0.25, -0.2) is 0 Å². The molecular formula is C26H29ClN4O5. The zero-order chi connectivity index (χ0) is 26.0. The second-order valence-corrected chi connectivity index (χ2v) is 9.96. The molecule has 0 radical (unpaired) electrons. The zero-order valence-corrected chi connectivity index (χ0v) is 21.4. The van der Waals surface area contributed by atoms with Crippen LogP contribution in [0.4, 0.5) is 5.69 Å². The maximum Gasteiger partial charge on any atom is 0.259 e. The van der Waals surface area contributed by atoms with E-state index in [2.05, 4.69) is 10.5 Å². The van der Waals surface area contributed by atoms with E-state index in [1.807, 2.05) is 13.8 Å². The van der Waals surface area contributed by atoms with Crippen molar-refractivity contribution in [2.24, 2.45) is 11.1 Å². The van der Waals surface area contributed by atoms with Crippen molar-refractivity contribution in [2.45, 2.75) is 34.2 Å². The highest BCUT2D eigenvalue weighted by atomic mass is 35.5. The lowest BCUT2D eigenvalue weighted by atomic mass is 9.92. The third-order valence-corrected chi connectivity index (χ3v) is 6.37. The van der Waals surface area contributed by atoms with Crippen LogP contribution in [0.25, 0.3) is 0 Å². The van der Waals surface area contributed by atoms with E-state index in [4.69, 9.17) is 31.3 Å². The molecule has 3 N–H and O–H groups in total. The van der Waals surface area contributed by atoms with Crippen LogP contribution in [0.15, 0.2) is 40.9 Å². The van der Waals surface area contributed by atoms with Crippen molar-refractivity contribution in [1.29, 1.82) is 0 Å². The molecule has 0 aliphatic carbocycles. The maximum atomic E-state index is 13.5. The predicted molar refractivity (Wildman–Crippen MR) is 136 cm³/mol. The number of fused-ring (bicyclic) bond motifs is 1. The van der Waals surface area contributed by atoms with Gasteiger partial charge in [-0.05, 0) is 67.8 Å². The van der Waals surface area contributed by atoms with Crippen molar-refractivity contribution in [3.05, 3.63) is 69.6 Å². The lowest BCUT2D eigenvalue weighted by Crippen LogP contribution is -2.42. The summed E-state index contributed by atoms with van der Waals surface area (Å²) in [4.78, 5) is 28.1. The summed E-state index contributed by atoms with van der Waals surface area (Å²) in [6.07, 6.45) is 0. The molecule has 2 aromatic carbocycles. The van der Waals surface area contributed by atoms with Gasteiger partial charge in [0.05, 0.1) is 5.69 Å². The van der Waals surface area contributed by atoms with Gasteiger partial charge in [0, 0.05) is 29.4 Å². The largest absolute Gasteiger partial charge is 0.454 e. The van der Waals surface area contributed by atoms with Crippen LogP contribution in [-0.2, 0) is 6.54 Å². The predicted octanol–water partition coefficient (Wildman–Crippen LogP) is 4.55. The van der Waals surface area contributed by atoms with Crippen LogP contribution < -0.4 is 20.5 Å². The minimum atomic E-state index is -0.341. The number of nitrogens with two attached hydrogens (primary N) is 1. The number of nitrogens with zero attached hydrogens (tertiary/aromatic N) is 2. The van der Waals surface area contributed by atoms with Gasteiger partial charge in [0.15, 0.2) is 11.5 Å². The molecule has 0 saturated heterocycles. The number of aromatic nitrogens is 1. The molecular weight excluding hydrogens is 484 g/mol. The van der Waals surface area contributed by atoms with Crippen molar-refractivity contribution in [2.75, 3.05) is 25.2 Å². The van der Waals surface area contributed by atoms with E-state index < -0.39 is 0 Å². The molecule has 0 fully saturated rings. The zero-order valence-electron chi connectivity index (χ0n) is 20.7. The van der Waals surface area contributed by atoms with Gasteiger partial charge < -0.3 is 29.9 Å². The summed E-state index contributed by atoms with van der Waals surface area (Å²) in [6.45, 7) is 8.53. The van der Waals surface area contributed by atoms with Crippen molar-refractivity contribution in [3.63, 3.8) is 0 Å². The minimum absolute atomic E-state index is 0.130. The second-order valence-electron chi connectivity index (χ2n) is 9.56. The number of benzene rings is 2. The molecule has 1 aliphatic heterocycles. The number of ether oxygens (including phenoxy) is 2. The Morgan fingerprint density at radius 2 is 1.89 bits per heavy atom. The number of halogens is 1. The molecule has 2 heterocycles. The van der Waals surface area contributed by atoms with Crippen LogP contribution in [0.3, 0.4) is 0 Å². The summed E-state index contributed by atoms with van der Waals surface area (Å²) in [7, 11) is 0. The highest BCUT2D eigenvalue weighted by Crippen LogP contribution is 2.33. The van der Waals surface area contributed by atoms with E-state index in [9.17, 15) is 9.59 Å². The monoisotopic (exact) mass is 512 g/mol. The molecule has 0 bridgehead atoms. The molecule has 0 saturated carbocycles. The molecule has 0 spiro atoms. The quantitative estimate of drug-likeness (QED) is 0.454. The van der Waals surface area contributed by atoms with E-state index in [-0.39, 0.29) is 30.6 Å². The SMILES string of the molecule is Cc1noc(C)c1C(=O)N(Cc1cc(NC(=O)c2ccc3c(c2)OCO3)ccc1Cl)CC(C)(C)CN. The number of aryl methyl sites for hydroxylation is 2. The van der Waals surface area contributed by atoms with Gasteiger partial charge in [0.2, 0.25) is 6.79 Å². The molecule has 0 unspecified atom stereocenters. The fraction of sp³-hybridized carbons (Fsp3) is 0.346. The molecule has 10 heteroatoms. The number of hydrogen-bond donors (Lipinski definition) is 2. The Labute approximate surface area is 214 Å². The molecule has 2 amide bonds. The van der Waals surface area contributed by atoms with Gasteiger partial charge in [-0.15, -0.1) is 0 Å². The molecule has 3 aromatic rings. The molecule has 36 heavy (non-hydrogen) atoms. The Balaban J connectivity index is 1.58. The third kappa shape index (κ3) is 5.47. The number of carbonyl (C=O) groups excluding carboxylic acids is 2. The van der Waals surface area contributed by atoms with Gasteiger partial charge in [-0.1, -0.05) is 30.6 Å². The van der Waals surface area contributed by atoms with E-state index in [1.54, 1.807) is 55.1 Å². The smallest absolute Gasteiger partial charge is 0.259 e. The van der Waals surface area contributed by atoms with Gasteiger partial charge in [0.25, 0.3) is 11.8 Å². The van der Waals surface area contributed by atoms with Crippen LogP contribution >= 0.6 is 11.6 Å². The fourth-order valence-corrected chi connectivity index (χ4v) is 4.12. The molecule has 1 aliphatic rings. The van der Waals surface area contributed by atoms with E-state index in [0.29, 0.717) is 63.4 Å². The Hall–Kier alpha value is -3.56. The molecule has 1 aromatic heterocycles. The van der Waals surface area contributed by atoms with Gasteiger partial charge in [0.1, 0.15) is 11.3 Å². The summed E-state index contributed by atoms with van der Waals surface area (Å²) in [5.41, 5.74) is 8.21. The Morgan fingerprint density at radius 1 is 1.14 bits per heavy atom. The topological polar surface area (TPSA) is 120 Å². The van der Waals surface area contributed by atoms with E-state index in [0.717, 1.165) is 0 Å². The van der Waals surface area contributed by atoms with Gasteiger partial charge >= 0.3 is 0 Å². The first-order valence-corrected chi connectivity index (χ1v) is 11.9. The first-order chi connectivity index (χ1) is 17.1. The van der Waals surface area contributed by atoms with Crippen molar-refractivity contribution in [3.8, 4) is 11.5 Å². The standard InChI is InChI=1S/C26H29ClN4O5/c1-15-23(16(2)36-30-15)25(33)31(13-26(3,4)12-28)11-18-9-19(6-7-20(18)27)29-24(32)17-5-8-21-22(10-17)35-14-34-21/h5-10H,11-14,28H2,1-4H3,(H,29,32). The third-order valence-electron chi connectivity index (χ3n) is 6.01. The summed E-state index contributed by atoms with van der Waals surface area (Å²) < 4.78 is 15.9. The summed E-state index contributed by atoms with van der Waals surface area (Å²) in [5, 5.41) is 7.27. The highest BCUT2D eigenvalue weighted by Gasteiger charge is 2.29. The van der Waals surface area contributed by atoms with Crippen LogP contribution in [-0.4, -0.2) is 41.8 Å². The van der Waals surface area contributed by atoms with E-state index >= 15 is 0 Å². The highest BCUT2D eigenvalue weighted by molar-refractivity contribution is 6.31. The van der Waals surface area contributed by atoms with Crippen LogP contribution in [0.2, 0.25) is 5.02 Å². The van der Waals surface area contributed by atoms with Crippen LogP contribution in [0, 0.1) is 19.3 Å². The molecule has 0 atom stereocenters. The summed E-state index contributed by atoms with van der Waals surface area (Å²) in [5.74, 6) is 1.04. The number of rotatable bonds is 8. The second kappa shape index (κ2) is 10.2. The Bertz CT molecular complexity index is 1280. The lowest BCUT2D eigenvalue weighted by Gasteiger charge is -2.32. The number of hydrogen-bond acceptors (Lipinski definition) is 7. The molecule has 4 rings (SSSR count). The maximum absolute atomic E-state index is 13.5. The average molecular weight is 513 g/mol.